The predicted molar refractivity (Wildman–Crippen MR) is 68.9 cm³/mol. The van der Waals surface area contributed by atoms with Crippen molar-refractivity contribution in [2.75, 3.05) is 7.11 Å². The maximum Gasteiger partial charge on any atom is 0.326 e. The predicted octanol–water partition coefficient (Wildman–Crippen LogP) is 0.525. The number of fused-ring (bicyclic) bond motifs is 1. The minimum atomic E-state index is -1.04. The number of hydrogen-bond acceptors (Lipinski definition) is 4. The van der Waals surface area contributed by atoms with Crippen molar-refractivity contribution in [2.24, 2.45) is 0 Å². The molecule has 0 bridgehead atoms. The summed E-state index contributed by atoms with van der Waals surface area (Å²) in [6.07, 6.45) is 0.250. The van der Waals surface area contributed by atoms with E-state index in [0.717, 1.165) is 6.92 Å². The zero-order valence-corrected chi connectivity index (χ0v) is 11.0. The monoisotopic (exact) mass is 281 g/mol. The van der Waals surface area contributed by atoms with Crippen LogP contribution in [0.1, 0.15) is 22.8 Å². The fourth-order valence-electron chi connectivity index (χ4n) is 1.82. The van der Waals surface area contributed by atoms with Gasteiger partial charge in [-0.1, -0.05) is 6.07 Å². The first-order valence-corrected chi connectivity index (χ1v) is 5.76. The molecular formula is C13H15NO6. The van der Waals surface area contributed by atoms with Gasteiger partial charge in [-0.2, -0.15) is 0 Å². The minimum Gasteiger partial charge on any atom is -0.496 e. The lowest BCUT2D eigenvalue weighted by atomic mass is 9.94. The smallest absolute Gasteiger partial charge is 0.326 e. The number of carboxylic acids is 2. The quantitative estimate of drug-likeness (QED) is 0.728. The maximum atomic E-state index is 11.6. The Morgan fingerprint density at radius 1 is 1.35 bits per heavy atom. The summed E-state index contributed by atoms with van der Waals surface area (Å²) in [6.45, 7) is 1.08. The molecule has 0 fully saturated rings. The standard InChI is InChI=1S/C11H11NO4.C2H4O2/c1-16-9-4-2-3-6-7(9)5-8(11(14)15)12-10(6)13;1-2(3)4/h2-4,8H,5H2,1H3,(H,12,13)(H,14,15);1H3,(H,3,4). The van der Waals surface area contributed by atoms with E-state index in [9.17, 15) is 9.59 Å². The Labute approximate surface area is 115 Å². The Balaban J connectivity index is 0.000000444. The van der Waals surface area contributed by atoms with Crippen molar-refractivity contribution in [1.82, 2.24) is 5.32 Å². The van der Waals surface area contributed by atoms with Crippen LogP contribution in [-0.4, -0.2) is 41.2 Å². The van der Waals surface area contributed by atoms with Gasteiger partial charge in [0.15, 0.2) is 0 Å². The van der Waals surface area contributed by atoms with Crippen molar-refractivity contribution < 1.29 is 29.3 Å². The highest BCUT2D eigenvalue weighted by molar-refractivity contribution is 6.00. The second kappa shape index (κ2) is 6.55. The van der Waals surface area contributed by atoms with Gasteiger partial charge in [-0.25, -0.2) is 4.79 Å². The summed E-state index contributed by atoms with van der Waals surface area (Å²) >= 11 is 0. The number of ether oxygens (including phenoxy) is 1. The SMILES string of the molecule is CC(=O)O.COc1cccc2c1CC(C(=O)O)NC2=O. The van der Waals surface area contributed by atoms with Crippen molar-refractivity contribution >= 4 is 17.8 Å². The topological polar surface area (TPSA) is 113 Å². The van der Waals surface area contributed by atoms with Gasteiger partial charge in [-0.3, -0.25) is 9.59 Å². The highest BCUT2D eigenvalue weighted by Gasteiger charge is 2.30. The van der Waals surface area contributed by atoms with E-state index in [2.05, 4.69) is 5.32 Å². The molecule has 1 heterocycles. The van der Waals surface area contributed by atoms with Gasteiger partial charge in [-0.15, -0.1) is 0 Å². The van der Waals surface area contributed by atoms with Gasteiger partial charge >= 0.3 is 5.97 Å². The van der Waals surface area contributed by atoms with Gasteiger partial charge < -0.3 is 20.3 Å². The van der Waals surface area contributed by atoms with Gasteiger partial charge in [0.05, 0.1) is 7.11 Å². The van der Waals surface area contributed by atoms with Gasteiger partial charge in [0, 0.05) is 24.5 Å². The fourth-order valence-corrected chi connectivity index (χ4v) is 1.82. The molecule has 1 aromatic carbocycles. The molecule has 1 amide bonds. The molecule has 1 atom stereocenters. The lowest BCUT2D eigenvalue weighted by molar-refractivity contribution is -0.139. The summed E-state index contributed by atoms with van der Waals surface area (Å²) in [7, 11) is 1.50. The molecule has 0 spiro atoms. The van der Waals surface area contributed by atoms with Crippen LogP contribution in [0.2, 0.25) is 0 Å². The number of nitrogens with one attached hydrogen (secondary N) is 1. The first-order chi connectivity index (χ1) is 9.36. The summed E-state index contributed by atoms with van der Waals surface area (Å²) in [4.78, 5) is 31.5. The number of rotatable bonds is 2. The van der Waals surface area contributed by atoms with Crippen LogP contribution in [0.4, 0.5) is 0 Å². The van der Waals surface area contributed by atoms with Crippen molar-refractivity contribution in [2.45, 2.75) is 19.4 Å². The molecule has 1 unspecified atom stereocenters. The highest BCUT2D eigenvalue weighted by Crippen LogP contribution is 2.26. The van der Waals surface area contributed by atoms with Crippen LogP contribution < -0.4 is 10.1 Å². The molecule has 108 valence electrons. The molecule has 1 aliphatic heterocycles. The van der Waals surface area contributed by atoms with Crippen LogP contribution in [0.3, 0.4) is 0 Å². The first-order valence-electron chi connectivity index (χ1n) is 5.76. The summed E-state index contributed by atoms with van der Waals surface area (Å²) in [5, 5.41) is 18.7. The van der Waals surface area contributed by atoms with Crippen LogP contribution in [-0.2, 0) is 16.0 Å². The molecule has 0 saturated carbocycles. The van der Waals surface area contributed by atoms with Crippen molar-refractivity contribution in [3.05, 3.63) is 29.3 Å². The second-order valence-corrected chi connectivity index (χ2v) is 4.07. The lowest BCUT2D eigenvalue weighted by Gasteiger charge is -2.23. The van der Waals surface area contributed by atoms with Gasteiger partial charge in [0.1, 0.15) is 11.8 Å². The molecule has 0 radical (unpaired) electrons. The van der Waals surface area contributed by atoms with Gasteiger partial charge in [0.2, 0.25) is 0 Å². The Hall–Kier alpha value is -2.57. The largest absolute Gasteiger partial charge is 0.496 e. The number of hydrogen-bond donors (Lipinski definition) is 3. The lowest BCUT2D eigenvalue weighted by Crippen LogP contribution is -2.46. The van der Waals surface area contributed by atoms with Crippen LogP contribution in [0, 0.1) is 0 Å². The molecule has 1 aliphatic rings. The third-order valence-corrected chi connectivity index (χ3v) is 2.61. The maximum absolute atomic E-state index is 11.6. The number of amides is 1. The molecule has 3 N–H and O–H groups in total. The van der Waals surface area contributed by atoms with Crippen molar-refractivity contribution in [3.63, 3.8) is 0 Å². The number of methoxy groups -OCH3 is 1. The minimum absolute atomic E-state index is 0.250. The van der Waals surface area contributed by atoms with E-state index in [1.54, 1.807) is 18.2 Å². The van der Waals surface area contributed by atoms with E-state index in [1.807, 2.05) is 0 Å². The fraction of sp³-hybridized carbons (Fsp3) is 0.308. The van der Waals surface area contributed by atoms with Gasteiger partial charge in [0.25, 0.3) is 11.9 Å². The van der Waals surface area contributed by atoms with E-state index in [0.29, 0.717) is 16.9 Å². The van der Waals surface area contributed by atoms with Crippen LogP contribution in [0.25, 0.3) is 0 Å². The van der Waals surface area contributed by atoms with E-state index in [1.165, 1.54) is 7.11 Å². The third kappa shape index (κ3) is 3.71. The van der Waals surface area contributed by atoms with Crippen molar-refractivity contribution in [1.29, 1.82) is 0 Å². The Morgan fingerprint density at radius 2 is 1.95 bits per heavy atom. The zero-order chi connectivity index (χ0) is 15.3. The summed E-state index contributed by atoms with van der Waals surface area (Å²) in [5.74, 6) is -1.68. The van der Waals surface area contributed by atoms with Crippen LogP contribution in [0.15, 0.2) is 18.2 Å². The molecule has 2 rings (SSSR count). The molecule has 0 saturated heterocycles. The van der Waals surface area contributed by atoms with E-state index >= 15 is 0 Å². The van der Waals surface area contributed by atoms with E-state index in [4.69, 9.17) is 19.7 Å². The summed E-state index contributed by atoms with van der Waals surface area (Å²) in [5.41, 5.74) is 1.14. The molecule has 7 heteroatoms. The molecule has 0 aliphatic carbocycles. The van der Waals surface area contributed by atoms with Crippen LogP contribution >= 0.6 is 0 Å². The molecule has 1 aromatic rings. The molecule has 7 nitrogen and oxygen atoms in total. The third-order valence-electron chi connectivity index (χ3n) is 2.61. The molecule has 20 heavy (non-hydrogen) atoms. The number of carbonyl (C=O) groups excluding carboxylic acids is 1. The molecular weight excluding hydrogens is 266 g/mol. The number of benzene rings is 1. The summed E-state index contributed by atoms with van der Waals surface area (Å²) < 4.78 is 5.12. The number of aliphatic carboxylic acids is 2. The highest BCUT2D eigenvalue weighted by atomic mass is 16.5. The zero-order valence-electron chi connectivity index (χ0n) is 11.0. The number of carbonyl (C=O) groups is 3. The summed E-state index contributed by atoms with van der Waals surface area (Å²) in [6, 6.07) is 4.20. The van der Waals surface area contributed by atoms with E-state index in [-0.39, 0.29) is 12.3 Å². The Bertz CT molecular complexity index is 536. The number of carboxylic acid groups (broad SMARTS) is 2. The average Bonchev–Trinajstić information content (AvgIpc) is 2.37. The normalized spacial score (nSPS) is 16.1. The Morgan fingerprint density at radius 3 is 2.45 bits per heavy atom. The first kappa shape index (κ1) is 15.5. The average molecular weight is 281 g/mol. The molecule has 0 aromatic heterocycles. The van der Waals surface area contributed by atoms with Gasteiger partial charge in [-0.05, 0) is 12.1 Å². The van der Waals surface area contributed by atoms with Crippen LogP contribution in [0.5, 0.6) is 5.75 Å². The Kier molecular flexibility index (Phi) is 5.08. The van der Waals surface area contributed by atoms with Crippen molar-refractivity contribution in [3.8, 4) is 5.75 Å². The second-order valence-electron chi connectivity index (χ2n) is 4.07. The van der Waals surface area contributed by atoms with E-state index < -0.39 is 18.0 Å².